The highest BCUT2D eigenvalue weighted by molar-refractivity contribution is 7.90. The Hall–Kier alpha value is -0.910. The van der Waals surface area contributed by atoms with Gasteiger partial charge in [0.1, 0.15) is 9.84 Å². The molecule has 0 radical (unpaired) electrons. The van der Waals surface area contributed by atoms with E-state index in [9.17, 15) is 13.5 Å². The van der Waals surface area contributed by atoms with Crippen molar-refractivity contribution in [3.05, 3.63) is 35.9 Å². The first-order valence-corrected chi connectivity index (χ1v) is 9.16. The van der Waals surface area contributed by atoms with Crippen LogP contribution in [0.5, 0.6) is 0 Å². The van der Waals surface area contributed by atoms with Crippen molar-refractivity contribution < 1.29 is 13.5 Å². The molecule has 20 heavy (non-hydrogen) atoms. The minimum atomic E-state index is -2.92. The Bertz CT molecular complexity index is 515. The zero-order chi connectivity index (χ0) is 14.6. The maximum absolute atomic E-state index is 11.3. The number of nitrogens with zero attached hydrogens (tertiary/aromatic N) is 1. The molecule has 112 valence electrons. The van der Waals surface area contributed by atoms with Crippen LogP contribution in [-0.2, 0) is 9.84 Å². The van der Waals surface area contributed by atoms with Gasteiger partial charge in [0.05, 0.1) is 11.9 Å². The lowest BCUT2D eigenvalue weighted by molar-refractivity contribution is 0.123. The van der Waals surface area contributed by atoms with Crippen LogP contribution < -0.4 is 0 Å². The maximum atomic E-state index is 11.3. The highest BCUT2D eigenvalue weighted by Crippen LogP contribution is 2.27. The highest BCUT2D eigenvalue weighted by atomic mass is 32.2. The van der Waals surface area contributed by atoms with Crippen molar-refractivity contribution in [3.8, 4) is 0 Å². The molecule has 0 saturated carbocycles. The summed E-state index contributed by atoms with van der Waals surface area (Å²) in [6.07, 6.45) is 3.59. The van der Waals surface area contributed by atoms with Gasteiger partial charge in [0.25, 0.3) is 0 Å². The predicted molar refractivity (Wildman–Crippen MR) is 80.3 cm³/mol. The summed E-state index contributed by atoms with van der Waals surface area (Å²) in [5, 5.41) is 10.3. The van der Waals surface area contributed by atoms with Gasteiger partial charge in [-0.1, -0.05) is 30.3 Å². The molecule has 4 nitrogen and oxygen atoms in total. The van der Waals surface area contributed by atoms with Crippen molar-refractivity contribution in [2.24, 2.45) is 0 Å². The van der Waals surface area contributed by atoms with Crippen LogP contribution in [0.1, 0.15) is 30.9 Å². The summed E-state index contributed by atoms with van der Waals surface area (Å²) >= 11 is 0. The minimum Gasteiger partial charge on any atom is -0.388 e. The normalized spacial score (nSPS) is 22.0. The van der Waals surface area contributed by atoms with E-state index in [0.29, 0.717) is 13.0 Å². The molecule has 0 bridgehead atoms. The van der Waals surface area contributed by atoms with E-state index in [4.69, 9.17) is 0 Å². The van der Waals surface area contributed by atoms with Crippen LogP contribution in [0, 0.1) is 0 Å². The molecule has 1 N–H and O–H groups in total. The molecule has 1 fully saturated rings. The van der Waals surface area contributed by atoms with E-state index in [2.05, 4.69) is 4.90 Å². The van der Waals surface area contributed by atoms with E-state index in [1.165, 1.54) is 6.26 Å². The second kappa shape index (κ2) is 6.70. The Morgan fingerprint density at radius 1 is 1.35 bits per heavy atom. The van der Waals surface area contributed by atoms with Crippen LogP contribution in [-0.4, -0.2) is 49.6 Å². The first kappa shape index (κ1) is 15.5. The number of rotatable bonds is 6. The van der Waals surface area contributed by atoms with Gasteiger partial charge in [-0.3, -0.25) is 4.90 Å². The van der Waals surface area contributed by atoms with Crippen LogP contribution in [0.3, 0.4) is 0 Å². The zero-order valence-corrected chi connectivity index (χ0v) is 12.7. The second-order valence-electron chi connectivity index (χ2n) is 5.62. The fraction of sp³-hybridized carbons (Fsp3) is 0.600. The SMILES string of the molecule is CS(=O)(=O)CCN1CCC[C@H]1C[C@H](O)c1ccccc1. The van der Waals surface area contributed by atoms with Gasteiger partial charge in [0.15, 0.2) is 0 Å². The number of benzene rings is 1. The van der Waals surface area contributed by atoms with Gasteiger partial charge in [-0.15, -0.1) is 0 Å². The van der Waals surface area contributed by atoms with Crippen molar-refractivity contribution in [2.75, 3.05) is 25.1 Å². The summed E-state index contributed by atoms with van der Waals surface area (Å²) in [6.45, 7) is 1.51. The van der Waals surface area contributed by atoms with Crippen LogP contribution in [0.15, 0.2) is 30.3 Å². The number of hydrogen-bond donors (Lipinski definition) is 1. The summed E-state index contributed by atoms with van der Waals surface area (Å²) < 4.78 is 22.5. The fourth-order valence-corrected chi connectivity index (χ4v) is 3.37. The first-order chi connectivity index (χ1) is 9.46. The molecule has 0 unspecified atom stereocenters. The summed E-state index contributed by atoms with van der Waals surface area (Å²) in [4.78, 5) is 2.20. The molecule has 0 aromatic heterocycles. The standard InChI is InChI=1S/C15H23NO3S/c1-20(18,19)11-10-16-9-5-8-14(16)12-15(17)13-6-3-2-4-7-13/h2-4,6-7,14-15,17H,5,8-12H2,1H3/t14-,15-/m0/s1. The third kappa shape index (κ3) is 4.58. The molecule has 0 aliphatic carbocycles. The average molecular weight is 297 g/mol. The van der Waals surface area contributed by atoms with E-state index in [1.807, 2.05) is 30.3 Å². The van der Waals surface area contributed by atoms with E-state index in [-0.39, 0.29) is 11.8 Å². The molecule has 2 atom stereocenters. The van der Waals surface area contributed by atoms with Crippen molar-refractivity contribution in [1.29, 1.82) is 0 Å². The molecule has 0 amide bonds. The van der Waals surface area contributed by atoms with Crippen LogP contribution in [0.2, 0.25) is 0 Å². The Morgan fingerprint density at radius 3 is 2.70 bits per heavy atom. The Balaban J connectivity index is 1.91. The minimum absolute atomic E-state index is 0.199. The summed E-state index contributed by atoms with van der Waals surface area (Å²) in [5.74, 6) is 0.199. The predicted octanol–water partition coefficient (Wildman–Crippen LogP) is 1.62. The average Bonchev–Trinajstić information content (AvgIpc) is 2.84. The Morgan fingerprint density at radius 2 is 2.05 bits per heavy atom. The van der Waals surface area contributed by atoms with Crippen molar-refractivity contribution in [2.45, 2.75) is 31.4 Å². The van der Waals surface area contributed by atoms with Gasteiger partial charge in [0, 0.05) is 18.8 Å². The fourth-order valence-electron chi connectivity index (χ4n) is 2.81. The third-order valence-electron chi connectivity index (χ3n) is 3.93. The van der Waals surface area contributed by atoms with Gasteiger partial charge in [-0.25, -0.2) is 8.42 Å². The molecule has 1 heterocycles. The number of sulfone groups is 1. The topological polar surface area (TPSA) is 57.6 Å². The molecule has 1 aromatic carbocycles. The molecular formula is C15H23NO3S. The van der Waals surface area contributed by atoms with Gasteiger partial charge in [-0.2, -0.15) is 0 Å². The summed E-state index contributed by atoms with van der Waals surface area (Å²) in [6, 6.07) is 9.93. The Kier molecular flexibility index (Phi) is 5.18. The molecule has 5 heteroatoms. The molecule has 2 rings (SSSR count). The smallest absolute Gasteiger partial charge is 0.148 e. The number of hydrogen-bond acceptors (Lipinski definition) is 4. The van der Waals surface area contributed by atoms with E-state index >= 15 is 0 Å². The molecule has 1 aromatic rings. The molecular weight excluding hydrogens is 274 g/mol. The zero-order valence-electron chi connectivity index (χ0n) is 11.9. The maximum Gasteiger partial charge on any atom is 0.148 e. The second-order valence-corrected chi connectivity index (χ2v) is 7.88. The van der Waals surface area contributed by atoms with Crippen LogP contribution in [0.25, 0.3) is 0 Å². The Labute approximate surface area is 121 Å². The van der Waals surface area contributed by atoms with Crippen molar-refractivity contribution in [1.82, 2.24) is 4.90 Å². The summed E-state index contributed by atoms with van der Waals surface area (Å²) in [7, 11) is -2.92. The van der Waals surface area contributed by atoms with Gasteiger partial charge in [-0.05, 0) is 31.4 Å². The van der Waals surface area contributed by atoms with Crippen molar-refractivity contribution in [3.63, 3.8) is 0 Å². The van der Waals surface area contributed by atoms with Crippen LogP contribution >= 0.6 is 0 Å². The van der Waals surface area contributed by atoms with E-state index in [0.717, 1.165) is 24.9 Å². The molecule has 0 spiro atoms. The first-order valence-electron chi connectivity index (χ1n) is 7.10. The monoisotopic (exact) mass is 297 g/mol. The lowest BCUT2D eigenvalue weighted by atomic mass is 10.0. The lowest BCUT2D eigenvalue weighted by Crippen LogP contribution is -2.34. The molecule has 1 saturated heterocycles. The van der Waals surface area contributed by atoms with E-state index in [1.54, 1.807) is 0 Å². The highest BCUT2D eigenvalue weighted by Gasteiger charge is 2.27. The number of likely N-dealkylation sites (tertiary alicyclic amines) is 1. The van der Waals surface area contributed by atoms with Crippen LogP contribution in [0.4, 0.5) is 0 Å². The third-order valence-corrected chi connectivity index (χ3v) is 4.85. The van der Waals surface area contributed by atoms with Gasteiger partial charge < -0.3 is 5.11 Å². The largest absolute Gasteiger partial charge is 0.388 e. The summed E-state index contributed by atoms with van der Waals surface area (Å²) in [5.41, 5.74) is 0.933. The number of aliphatic hydroxyl groups excluding tert-OH is 1. The lowest BCUT2D eigenvalue weighted by Gasteiger charge is -2.26. The van der Waals surface area contributed by atoms with Gasteiger partial charge in [0.2, 0.25) is 0 Å². The number of aliphatic hydroxyl groups is 1. The molecule has 1 aliphatic rings. The quantitative estimate of drug-likeness (QED) is 0.867. The van der Waals surface area contributed by atoms with Gasteiger partial charge >= 0.3 is 0 Å². The van der Waals surface area contributed by atoms with E-state index < -0.39 is 15.9 Å². The molecule has 1 aliphatic heterocycles. The van der Waals surface area contributed by atoms with Crippen molar-refractivity contribution >= 4 is 9.84 Å².